The average molecular weight is 353 g/mol. The zero-order chi connectivity index (χ0) is 17.3. The molecule has 5 heteroatoms. The second-order valence-electron chi connectivity index (χ2n) is 6.62. The number of hydrogen-bond acceptors (Lipinski definition) is 4. The van der Waals surface area contributed by atoms with Crippen molar-refractivity contribution < 1.29 is 9.21 Å². The summed E-state index contributed by atoms with van der Waals surface area (Å²) >= 11 is 1.75. The van der Waals surface area contributed by atoms with Crippen LogP contribution in [0.2, 0.25) is 0 Å². The highest BCUT2D eigenvalue weighted by Gasteiger charge is 2.37. The highest BCUT2D eigenvalue weighted by Crippen LogP contribution is 2.42. The molecule has 1 amide bonds. The van der Waals surface area contributed by atoms with Crippen molar-refractivity contribution in [3.05, 3.63) is 68.7 Å². The maximum absolute atomic E-state index is 12.6. The number of benzene rings is 1. The molecule has 1 aliphatic carbocycles. The molecule has 1 aliphatic rings. The molecular weight excluding hydrogens is 334 g/mol. The minimum atomic E-state index is -0.328. The fourth-order valence-corrected chi connectivity index (χ4v) is 4.68. The highest BCUT2D eigenvalue weighted by molar-refractivity contribution is 7.10. The van der Waals surface area contributed by atoms with Crippen LogP contribution in [0.15, 0.2) is 57.1 Å². The molecule has 1 aromatic carbocycles. The molecule has 0 aliphatic heterocycles. The first-order chi connectivity index (χ1) is 12.2. The number of carbonyl (C=O) groups excluding carboxylic acids is 1. The number of thiophene rings is 1. The first-order valence-corrected chi connectivity index (χ1v) is 9.41. The van der Waals surface area contributed by atoms with Gasteiger partial charge >= 0.3 is 0 Å². The van der Waals surface area contributed by atoms with Crippen LogP contribution < -0.4 is 10.7 Å². The van der Waals surface area contributed by atoms with E-state index < -0.39 is 0 Å². The van der Waals surface area contributed by atoms with E-state index in [1.165, 1.54) is 23.8 Å². The third-order valence-electron chi connectivity index (χ3n) is 5.05. The lowest BCUT2D eigenvalue weighted by molar-refractivity contribution is 0.0916. The van der Waals surface area contributed by atoms with E-state index in [4.69, 9.17) is 4.42 Å². The molecule has 4 nitrogen and oxygen atoms in total. The van der Waals surface area contributed by atoms with Gasteiger partial charge in [0.1, 0.15) is 5.58 Å². The number of fused-ring (bicyclic) bond motifs is 1. The molecular formula is C20H19NO3S. The van der Waals surface area contributed by atoms with Crippen LogP contribution in [-0.4, -0.2) is 12.5 Å². The van der Waals surface area contributed by atoms with Gasteiger partial charge in [0, 0.05) is 22.9 Å². The van der Waals surface area contributed by atoms with Crippen LogP contribution in [0.25, 0.3) is 11.0 Å². The summed E-state index contributed by atoms with van der Waals surface area (Å²) in [5, 5.41) is 5.57. The average Bonchev–Trinajstić information content (AvgIpc) is 3.32. The number of carbonyl (C=O) groups is 1. The van der Waals surface area contributed by atoms with Crippen molar-refractivity contribution in [2.45, 2.75) is 31.1 Å². The topological polar surface area (TPSA) is 59.3 Å². The van der Waals surface area contributed by atoms with Gasteiger partial charge in [-0.1, -0.05) is 31.0 Å². The standard InChI is InChI=1S/C20H19NO3S/c22-15-12-17(24-16-7-2-1-6-14(15)16)19(23)21-13-20(9-3-4-10-20)18-8-5-11-25-18/h1-2,5-8,11-12H,3-4,9-10,13H2,(H,21,23). The second-order valence-corrected chi connectivity index (χ2v) is 7.57. The van der Waals surface area contributed by atoms with Gasteiger partial charge in [-0.3, -0.25) is 9.59 Å². The Hall–Kier alpha value is -2.40. The first kappa shape index (κ1) is 16.1. The van der Waals surface area contributed by atoms with Gasteiger partial charge in [-0.15, -0.1) is 11.3 Å². The molecule has 0 radical (unpaired) electrons. The number of para-hydroxylation sites is 1. The molecule has 0 spiro atoms. The lowest BCUT2D eigenvalue weighted by atomic mass is 9.84. The van der Waals surface area contributed by atoms with E-state index in [9.17, 15) is 9.59 Å². The molecule has 0 atom stereocenters. The van der Waals surface area contributed by atoms with E-state index >= 15 is 0 Å². The van der Waals surface area contributed by atoms with Gasteiger partial charge in [0.25, 0.3) is 5.91 Å². The normalized spacial score (nSPS) is 16.2. The minimum Gasteiger partial charge on any atom is -0.451 e. The van der Waals surface area contributed by atoms with Crippen molar-refractivity contribution in [2.75, 3.05) is 6.54 Å². The Morgan fingerprint density at radius 1 is 1.16 bits per heavy atom. The number of rotatable bonds is 4. The highest BCUT2D eigenvalue weighted by atomic mass is 32.1. The Morgan fingerprint density at radius 3 is 2.72 bits per heavy atom. The Bertz CT molecular complexity index is 952. The van der Waals surface area contributed by atoms with E-state index in [-0.39, 0.29) is 22.5 Å². The molecule has 1 fully saturated rings. The van der Waals surface area contributed by atoms with E-state index in [1.807, 2.05) is 0 Å². The van der Waals surface area contributed by atoms with Crippen LogP contribution in [0.5, 0.6) is 0 Å². The zero-order valence-electron chi connectivity index (χ0n) is 13.8. The summed E-state index contributed by atoms with van der Waals surface area (Å²) in [5.74, 6) is -0.256. The predicted molar refractivity (Wildman–Crippen MR) is 99.3 cm³/mol. The van der Waals surface area contributed by atoms with Gasteiger partial charge in [0.2, 0.25) is 0 Å². The molecule has 2 aromatic heterocycles. The van der Waals surface area contributed by atoms with Crippen molar-refractivity contribution in [3.63, 3.8) is 0 Å². The van der Waals surface area contributed by atoms with Crippen molar-refractivity contribution >= 4 is 28.2 Å². The van der Waals surface area contributed by atoms with Crippen molar-refractivity contribution in [3.8, 4) is 0 Å². The molecule has 1 N–H and O–H groups in total. The van der Waals surface area contributed by atoms with Gasteiger partial charge in [-0.25, -0.2) is 0 Å². The number of hydrogen-bond donors (Lipinski definition) is 1. The molecule has 25 heavy (non-hydrogen) atoms. The Balaban J connectivity index is 1.57. The lowest BCUT2D eigenvalue weighted by Gasteiger charge is -2.28. The van der Waals surface area contributed by atoms with Crippen molar-refractivity contribution in [1.29, 1.82) is 0 Å². The lowest BCUT2D eigenvalue weighted by Crippen LogP contribution is -2.38. The second kappa shape index (κ2) is 6.48. The summed E-state index contributed by atoms with van der Waals surface area (Å²) in [7, 11) is 0. The van der Waals surface area contributed by atoms with Gasteiger partial charge in [0.05, 0.1) is 5.39 Å². The monoisotopic (exact) mass is 353 g/mol. The van der Waals surface area contributed by atoms with E-state index in [0.29, 0.717) is 17.5 Å². The van der Waals surface area contributed by atoms with Crippen LogP contribution in [0.3, 0.4) is 0 Å². The molecule has 0 unspecified atom stereocenters. The summed E-state index contributed by atoms with van der Waals surface area (Å²) in [5.41, 5.74) is 0.260. The smallest absolute Gasteiger partial charge is 0.287 e. The summed E-state index contributed by atoms with van der Waals surface area (Å²) < 4.78 is 5.63. The van der Waals surface area contributed by atoms with E-state index in [2.05, 4.69) is 22.8 Å². The molecule has 0 bridgehead atoms. The largest absolute Gasteiger partial charge is 0.451 e. The molecule has 4 rings (SSSR count). The van der Waals surface area contributed by atoms with Gasteiger partial charge in [-0.2, -0.15) is 0 Å². The van der Waals surface area contributed by atoms with Crippen LogP contribution in [0.4, 0.5) is 0 Å². The fraction of sp³-hybridized carbons (Fsp3) is 0.300. The predicted octanol–water partition coefficient (Wildman–Crippen LogP) is 4.10. The summed E-state index contributed by atoms with van der Waals surface area (Å²) in [4.78, 5) is 26.1. The van der Waals surface area contributed by atoms with Gasteiger partial charge in [-0.05, 0) is 36.4 Å². The maximum atomic E-state index is 12.6. The minimum absolute atomic E-state index is 0.0149. The molecule has 0 saturated heterocycles. The van der Waals surface area contributed by atoms with Crippen molar-refractivity contribution in [2.24, 2.45) is 0 Å². The first-order valence-electron chi connectivity index (χ1n) is 8.53. The number of amides is 1. The quantitative estimate of drug-likeness (QED) is 0.768. The maximum Gasteiger partial charge on any atom is 0.287 e. The third kappa shape index (κ3) is 3.00. The van der Waals surface area contributed by atoms with Crippen LogP contribution >= 0.6 is 11.3 Å². The Labute approximate surface area is 149 Å². The van der Waals surface area contributed by atoms with Crippen molar-refractivity contribution in [1.82, 2.24) is 5.32 Å². The van der Waals surface area contributed by atoms with Gasteiger partial charge < -0.3 is 9.73 Å². The SMILES string of the molecule is O=C(NCC1(c2cccs2)CCCC1)c1cc(=O)c2ccccc2o1. The van der Waals surface area contributed by atoms with Gasteiger partial charge in [0.15, 0.2) is 11.2 Å². The molecule has 2 heterocycles. The van der Waals surface area contributed by atoms with Crippen LogP contribution in [-0.2, 0) is 5.41 Å². The van der Waals surface area contributed by atoms with E-state index in [0.717, 1.165) is 12.8 Å². The molecule has 128 valence electrons. The third-order valence-corrected chi connectivity index (χ3v) is 6.17. The zero-order valence-corrected chi connectivity index (χ0v) is 14.6. The fourth-order valence-electron chi connectivity index (χ4n) is 3.69. The summed E-state index contributed by atoms with van der Waals surface area (Å²) in [6.45, 7) is 0.572. The summed E-state index contributed by atoms with van der Waals surface area (Å²) in [6.07, 6.45) is 4.52. The Morgan fingerprint density at radius 2 is 1.96 bits per heavy atom. The van der Waals surface area contributed by atoms with Crippen LogP contribution in [0.1, 0.15) is 41.1 Å². The molecule has 3 aromatic rings. The Kier molecular flexibility index (Phi) is 4.17. The van der Waals surface area contributed by atoms with E-state index in [1.54, 1.807) is 35.6 Å². The summed E-state index contributed by atoms with van der Waals surface area (Å²) in [6, 6.07) is 12.5. The van der Waals surface area contributed by atoms with Crippen LogP contribution in [0, 0.1) is 0 Å². The molecule has 1 saturated carbocycles. The number of nitrogens with one attached hydrogen (secondary N) is 1.